The number of benzene rings is 2. The number of aryl methyl sites for hydroxylation is 1. The minimum atomic E-state index is -2.73. The number of halogens is 2. The zero-order valence-corrected chi connectivity index (χ0v) is 19.6. The van der Waals surface area contributed by atoms with Crippen molar-refractivity contribution in [2.24, 2.45) is 0 Å². The number of likely N-dealkylation sites (tertiary alicyclic amines) is 1. The fraction of sp³-hybridized carbons (Fsp3) is 0.407. The summed E-state index contributed by atoms with van der Waals surface area (Å²) in [6.07, 6.45) is 2.04. The van der Waals surface area contributed by atoms with E-state index in [2.05, 4.69) is 21.3 Å². The Bertz CT molecular complexity index is 1280. The van der Waals surface area contributed by atoms with Crippen LogP contribution in [0.2, 0.25) is 0 Å². The Hall–Kier alpha value is -3.60. The van der Waals surface area contributed by atoms with Gasteiger partial charge in [-0.1, -0.05) is 30.7 Å². The molecule has 35 heavy (non-hydrogen) atoms. The number of carbonyl (C=O) groups excluding carboxylic acids is 1. The molecule has 5 rings (SSSR count). The van der Waals surface area contributed by atoms with Gasteiger partial charge in [-0.2, -0.15) is 5.26 Å². The highest BCUT2D eigenvalue weighted by atomic mass is 19.3. The first-order valence-electron chi connectivity index (χ1n) is 12.1. The number of H-pyrrole nitrogens is 1. The zero-order valence-electron chi connectivity index (χ0n) is 19.6. The number of piperidine rings is 1. The molecule has 2 aromatic carbocycles. The Morgan fingerprint density at radius 1 is 1.09 bits per heavy atom. The Labute approximate surface area is 203 Å². The topological polar surface area (TPSA) is 85.7 Å². The zero-order chi connectivity index (χ0) is 24.5. The van der Waals surface area contributed by atoms with Gasteiger partial charge in [0.25, 0.3) is 12.3 Å². The van der Waals surface area contributed by atoms with Gasteiger partial charge in [-0.05, 0) is 73.3 Å². The average molecular weight is 476 g/mol. The predicted molar refractivity (Wildman–Crippen MR) is 127 cm³/mol. The molecule has 180 valence electrons. The van der Waals surface area contributed by atoms with Gasteiger partial charge in [0.15, 0.2) is 11.6 Å². The molecule has 1 saturated carbocycles. The van der Waals surface area contributed by atoms with Gasteiger partial charge in [0.05, 0.1) is 11.6 Å². The lowest BCUT2D eigenvalue weighted by Crippen LogP contribution is -2.38. The number of hydrogen-bond donors (Lipinski definition) is 1. The summed E-state index contributed by atoms with van der Waals surface area (Å²) in [4.78, 5) is 18.1. The molecule has 6 nitrogen and oxygen atoms in total. The fourth-order valence-corrected chi connectivity index (χ4v) is 5.24. The molecule has 8 heteroatoms. The molecule has 0 spiro atoms. The smallest absolute Gasteiger partial charge is 0.297 e. The van der Waals surface area contributed by atoms with Crippen molar-refractivity contribution in [3.8, 4) is 17.5 Å². The number of amides is 1. The molecular weight excluding hydrogens is 448 g/mol. The van der Waals surface area contributed by atoms with Crippen molar-refractivity contribution in [3.05, 3.63) is 70.0 Å². The molecule has 2 fully saturated rings. The second kappa shape index (κ2) is 9.57. The number of carbonyl (C=O) groups is 1. The maximum Gasteiger partial charge on any atom is 0.297 e. The number of aromatic nitrogens is 3. The number of nitrogens with zero attached hydrogens (tertiary/aromatic N) is 4. The van der Waals surface area contributed by atoms with Crippen LogP contribution in [0.4, 0.5) is 8.78 Å². The molecule has 2 heterocycles. The van der Waals surface area contributed by atoms with Crippen molar-refractivity contribution in [1.29, 1.82) is 5.26 Å². The molecule has 1 N–H and O–H groups in total. The SMILES string of the molecule is Cc1cc(C2CCC2)c(-c2nnc(C(F)F)[nH]2)cc1C(=O)N1CCC(c2ccccc2C#N)CC1. The standard InChI is InChI=1S/C27H27F2N5O/c1-16-13-22(17-6-4-7-17)23(25-31-26(24(28)29)33-32-25)14-21(16)27(35)34-11-9-18(10-12-34)20-8-3-2-5-19(20)15-30/h2-3,5,8,13-14,17-18,24H,4,6-7,9-12H2,1H3,(H,31,32,33). The lowest BCUT2D eigenvalue weighted by Gasteiger charge is -2.33. The third kappa shape index (κ3) is 4.43. The summed E-state index contributed by atoms with van der Waals surface area (Å²) in [5.41, 5.74) is 4.90. The molecule has 1 amide bonds. The van der Waals surface area contributed by atoms with Gasteiger partial charge < -0.3 is 9.88 Å². The van der Waals surface area contributed by atoms with Gasteiger partial charge in [-0.25, -0.2) is 8.78 Å². The van der Waals surface area contributed by atoms with E-state index in [1.807, 2.05) is 42.2 Å². The van der Waals surface area contributed by atoms with Crippen molar-refractivity contribution in [3.63, 3.8) is 0 Å². The van der Waals surface area contributed by atoms with Gasteiger partial charge in [-0.3, -0.25) is 4.79 Å². The molecule has 2 aliphatic rings. The van der Waals surface area contributed by atoms with Crippen LogP contribution in [0.25, 0.3) is 11.4 Å². The lowest BCUT2D eigenvalue weighted by atomic mass is 9.77. The molecule has 0 radical (unpaired) electrons. The largest absolute Gasteiger partial charge is 0.339 e. The monoisotopic (exact) mass is 475 g/mol. The molecule has 0 bridgehead atoms. The second-order valence-electron chi connectivity index (χ2n) is 9.51. The van der Waals surface area contributed by atoms with Crippen LogP contribution in [-0.4, -0.2) is 39.1 Å². The van der Waals surface area contributed by atoms with E-state index in [4.69, 9.17) is 0 Å². The third-order valence-electron chi connectivity index (χ3n) is 7.44. The summed E-state index contributed by atoms with van der Waals surface area (Å²) < 4.78 is 26.3. The van der Waals surface area contributed by atoms with Crippen molar-refractivity contribution < 1.29 is 13.6 Å². The van der Waals surface area contributed by atoms with Crippen LogP contribution in [0.5, 0.6) is 0 Å². The van der Waals surface area contributed by atoms with Crippen LogP contribution in [0.15, 0.2) is 36.4 Å². The van der Waals surface area contributed by atoms with Crippen molar-refractivity contribution in [1.82, 2.24) is 20.1 Å². The van der Waals surface area contributed by atoms with Gasteiger partial charge >= 0.3 is 0 Å². The molecule has 1 aliphatic carbocycles. The van der Waals surface area contributed by atoms with Gasteiger partial charge in [0.2, 0.25) is 0 Å². The van der Waals surface area contributed by atoms with E-state index in [9.17, 15) is 18.8 Å². The van der Waals surface area contributed by atoms with Crippen LogP contribution in [0.1, 0.15) is 88.8 Å². The van der Waals surface area contributed by atoms with Crippen LogP contribution in [0.3, 0.4) is 0 Å². The summed E-state index contributed by atoms with van der Waals surface area (Å²) >= 11 is 0. The number of hydrogen-bond acceptors (Lipinski definition) is 4. The van der Waals surface area contributed by atoms with Crippen LogP contribution in [0, 0.1) is 18.3 Å². The number of nitrogens with one attached hydrogen (secondary N) is 1. The van der Waals surface area contributed by atoms with Crippen molar-refractivity contribution in [2.75, 3.05) is 13.1 Å². The molecule has 1 aromatic heterocycles. The van der Waals surface area contributed by atoms with Crippen molar-refractivity contribution >= 4 is 5.91 Å². The average Bonchev–Trinajstić information content (AvgIpc) is 3.33. The molecule has 0 unspecified atom stereocenters. The predicted octanol–water partition coefficient (Wildman–Crippen LogP) is 5.88. The number of nitriles is 1. The number of aromatic amines is 1. The van der Waals surface area contributed by atoms with E-state index < -0.39 is 12.2 Å². The summed E-state index contributed by atoms with van der Waals surface area (Å²) in [6.45, 7) is 3.13. The van der Waals surface area contributed by atoms with E-state index in [0.717, 1.165) is 48.8 Å². The second-order valence-corrected chi connectivity index (χ2v) is 9.51. The number of alkyl halides is 2. The quantitative estimate of drug-likeness (QED) is 0.500. The molecular formula is C27H27F2N5O. The van der Waals surface area contributed by atoms with Crippen molar-refractivity contribution in [2.45, 2.75) is 57.3 Å². The highest BCUT2D eigenvalue weighted by molar-refractivity contribution is 5.97. The highest BCUT2D eigenvalue weighted by Crippen LogP contribution is 2.42. The maximum absolute atomic E-state index is 13.6. The summed E-state index contributed by atoms with van der Waals surface area (Å²) in [7, 11) is 0. The summed E-state index contributed by atoms with van der Waals surface area (Å²) in [6, 6.07) is 13.8. The Morgan fingerprint density at radius 2 is 1.80 bits per heavy atom. The molecule has 3 aromatic rings. The first-order chi connectivity index (χ1) is 17.0. The summed E-state index contributed by atoms with van der Waals surface area (Å²) in [5, 5.41) is 17.0. The minimum absolute atomic E-state index is 0.0653. The maximum atomic E-state index is 13.6. The highest BCUT2D eigenvalue weighted by Gasteiger charge is 2.30. The van der Waals surface area contributed by atoms with E-state index in [-0.39, 0.29) is 17.6 Å². The van der Waals surface area contributed by atoms with Gasteiger partial charge in [0.1, 0.15) is 0 Å². The Kier molecular flexibility index (Phi) is 6.33. The first kappa shape index (κ1) is 23.2. The van der Waals surface area contributed by atoms with Gasteiger partial charge in [-0.15, -0.1) is 10.2 Å². The summed E-state index contributed by atoms with van der Waals surface area (Å²) in [5.74, 6) is 0.332. The first-order valence-corrected chi connectivity index (χ1v) is 12.1. The Morgan fingerprint density at radius 3 is 2.43 bits per heavy atom. The molecule has 0 atom stereocenters. The van der Waals surface area contributed by atoms with E-state index in [1.165, 1.54) is 0 Å². The van der Waals surface area contributed by atoms with E-state index in [1.54, 1.807) is 6.07 Å². The third-order valence-corrected chi connectivity index (χ3v) is 7.44. The van der Waals surface area contributed by atoms with Crippen LogP contribution < -0.4 is 0 Å². The van der Waals surface area contributed by atoms with Gasteiger partial charge in [0, 0.05) is 24.2 Å². The number of rotatable bonds is 5. The molecule has 1 saturated heterocycles. The fourth-order valence-electron chi connectivity index (χ4n) is 5.24. The normalized spacial score (nSPS) is 16.8. The van der Waals surface area contributed by atoms with Crippen LogP contribution >= 0.6 is 0 Å². The Balaban J connectivity index is 1.40. The van der Waals surface area contributed by atoms with E-state index in [0.29, 0.717) is 35.7 Å². The minimum Gasteiger partial charge on any atom is -0.339 e. The molecule has 1 aliphatic heterocycles. The lowest BCUT2D eigenvalue weighted by molar-refractivity contribution is 0.0712. The van der Waals surface area contributed by atoms with E-state index >= 15 is 0 Å². The van der Waals surface area contributed by atoms with Crippen LogP contribution in [-0.2, 0) is 0 Å².